The summed E-state index contributed by atoms with van der Waals surface area (Å²) in [4.78, 5) is 0. The van der Waals surface area contributed by atoms with E-state index in [1.165, 1.54) is 11.1 Å². The number of aliphatic hydroxyl groups is 1. The molecule has 0 aromatic heterocycles. The van der Waals surface area contributed by atoms with E-state index < -0.39 is 0 Å². The molecule has 0 aliphatic heterocycles. The largest absolute Gasteiger partial charge is 0.489 e. The Bertz CT molecular complexity index is 567. The minimum absolute atomic E-state index is 0.328. The van der Waals surface area contributed by atoms with E-state index in [1.54, 1.807) is 6.92 Å². The molecule has 0 saturated heterocycles. The molecule has 0 aliphatic carbocycles. The predicted octanol–water partition coefficient (Wildman–Crippen LogP) is 3.04. The zero-order chi connectivity index (χ0) is 15.1. The van der Waals surface area contributed by atoms with Crippen LogP contribution in [0.5, 0.6) is 5.75 Å². The first-order valence-electron chi connectivity index (χ1n) is 7.30. The van der Waals surface area contributed by atoms with Gasteiger partial charge in [-0.1, -0.05) is 36.4 Å². The molecular weight excluding hydrogens is 262 g/mol. The van der Waals surface area contributed by atoms with Crippen molar-refractivity contribution in [2.45, 2.75) is 33.1 Å². The van der Waals surface area contributed by atoms with Crippen LogP contribution in [-0.2, 0) is 13.2 Å². The van der Waals surface area contributed by atoms with Gasteiger partial charge in [0.1, 0.15) is 12.4 Å². The number of aliphatic hydroxyl groups excluding tert-OH is 1. The van der Waals surface area contributed by atoms with Crippen LogP contribution in [0, 0.1) is 6.92 Å². The van der Waals surface area contributed by atoms with E-state index in [4.69, 9.17) is 4.74 Å². The first kappa shape index (κ1) is 15.5. The fourth-order valence-corrected chi connectivity index (χ4v) is 2.10. The van der Waals surface area contributed by atoms with Gasteiger partial charge >= 0.3 is 0 Å². The summed E-state index contributed by atoms with van der Waals surface area (Å²) < 4.78 is 5.86. The molecule has 112 valence electrons. The summed E-state index contributed by atoms with van der Waals surface area (Å²) in [6.07, 6.45) is -0.328. The quantitative estimate of drug-likeness (QED) is 0.821. The fraction of sp³-hybridized carbons (Fsp3) is 0.333. The van der Waals surface area contributed by atoms with E-state index in [0.29, 0.717) is 13.2 Å². The van der Waals surface area contributed by atoms with Crippen LogP contribution in [0.3, 0.4) is 0 Å². The summed E-state index contributed by atoms with van der Waals surface area (Å²) in [5, 5.41) is 12.4. The van der Waals surface area contributed by atoms with E-state index in [0.717, 1.165) is 17.9 Å². The molecular formula is C18H23NO2. The molecule has 2 N–H and O–H groups in total. The number of aryl methyl sites for hydroxylation is 1. The van der Waals surface area contributed by atoms with Crippen LogP contribution in [0.25, 0.3) is 0 Å². The molecule has 0 saturated carbocycles. The van der Waals surface area contributed by atoms with Gasteiger partial charge in [0.15, 0.2) is 0 Å². The van der Waals surface area contributed by atoms with Gasteiger partial charge in [0.05, 0.1) is 6.10 Å². The number of benzene rings is 2. The van der Waals surface area contributed by atoms with Gasteiger partial charge in [0.25, 0.3) is 0 Å². The maximum atomic E-state index is 9.23. The van der Waals surface area contributed by atoms with Crippen molar-refractivity contribution in [1.29, 1.82) is 0 Å². The van der Waals surface area contributed by atoms with Gasteiger partial charge in [-0.05, 0) is 42.7 Å². The predicted molar refractivity (Wildman–Crippen MR) is 85.3 cm³/mol. The second kappa shape index (κ2) is 7.81. The Labute approximate surface area is 126 Å². The third-order valence-corrected chi connectivity index (χ3v) is 3.32. The highest BCUT2D eigenvalue weighted by molar-refractivity contribution is 5.30. The van der Waals surface area contributed by atoms with Gasteiger partial charge in [-0.25, -0.2) is 0 Å². The van der Waals surface area contributed by atoms with Crippen molar-refractivity contribution in [2.24, 2.45) is 0 Å². The number of ether oxygens (including phenoxy) is 1. The number of hydrogen-bond acceptors (Lipinski definition) is 3. The number of nitrogens with one attached hydrogen (secondary N) is 1. The SMILES string of the molecule is Cc1ccccc1COc1cccc(CNC[C@@H](C)O)c1. The van der Waals surface area contributed by atoms with Crippen molar-refractivity contribution < 1.29 is 9.84 Å². The zero-order valence-corrected chi connectivity index (χ0v) is 12.7. The molecule has 21 heavy (non-hydrogen) atoms. The molecule has 0 heterocycles. The lowest BCUT2D eigenvalue weighted by molar-refractivity contribution is 0.191. The maximum Gasteiger partial charge on any atom is 0.120 e. The van der Waals surface area contributed by atoms with E-state index in [2.05, 4.69) is 30.4 Å². The molecule has 0 fully saturated rings. The maximum absolute atomic E-state index is 9.23. The van der Waals surface area contributed by atoms with Crippen molar-refractivity contribution in [3.63, 3.8) is 0 Å². The molecule has 3 heteroatoms. The van der Waals surface area contributed by atoms with Crippen LogP contribution in [0.4, 0.5) is 0 Å². The molecule has 0 unspecified atom stereocenters. The van der Waals surface area contributed by atoms with Crippen molar-refractivity contribution in [2.75, 3.05) is 6.54 Å². The highest BCUT2D eigenvalue weighted by Crippen LogP contribution is 2.16. The second-order valence-electron chi connectivity index (χ2n) is 5.34. The van der Waals surface area contributed by atoms with Crippen molar-refractivity contribution >= 4 is 0 Å². The molecule has 2 rings (SSSR count). The standard InChI is InChI=1S/C18H23NO2/c1-14-6-3-4-8-17(14)13-21-18-9-5-7-16(10-18)12-19-11-15(2)20/h3-10,15,19-20H,11-13H2,1-2H3/t15-/m1/s1. The van der Waals surface area contributed by atoms with Crippen LogP contribution in [0.2, 0.25) is 0 Å². The number of rotatable bonds is 7. The summed E-state index contributed by atoms with van der Waals surface area (Å²) in [6.45, 7) is 5.77. The Morgan fingerprint density at radius 3 is 2.71 bits per heavy atom. The van der Waals surface area contributed by atoms with Crippen molar-refractivity contribution in [3.05, 3.63) is 65.2 Å². The van der Waals surface area contributed by atoms with Gasteiger partial charge in [-0.15, -0.1) is 0 Å². The summed E-state index contributed by atoms with van der Waals surface area (Å²) in [5.41, 5.74) is 3.60. The minimum Gasteiger partial charge on any atom is -0.489 e. The highest BCUT2D eigenvalue weighted by Gasteiger charge is 2.01. The molecule has 2 aromatic carbocycles. The average molecular weight is 285 g/mol. The first-order chi connectivity index (χ1) is 10.1. The molecule has 3 nitrogen and oxygen atoms in total. The Kier molecular flexibility index (Phi) is 5.78. The minimum atomic E-state index is -0.328. The van der Waals surface area contributed by atoms with Gasteiger partial charge in [0.2, 0.25) is 0 Å². The monoisotopic (exact) mass is 285 g/mol. The molecule has 0 amide bonds. The lowest BCUT2D eigenvalue weighted by atomic mass is 10.1. The Hall–Kier alpha value is -1.84. The first-order valence-corrected chi connectivity index (χ1v) is 7.30. The van der Waals surface area contributed by atoms with Crippen molar-refractivity contribution in [1.82, 2.24) is 5.32 Å². The van der Waals surface area contributed by atoms with E-state index in [1.807, 2.05) is 30.3 Å². The second-order valence-corrected chi connectivity index (χ2v) is 5.34. The fourth-order valence-electron chi connectivity index (χ4n) is 2.10. The lowest BCUT2D eigenvalue weighted by Crippen LogP contribution is -2.23. The molecule has 1 atom stereocenters. The van der Waals surface area contributed by atoms with E-state index >= 15 is 0 Å². The average Bonchev–Trinajstić information content (AvgIpc) is 2.46. The lowest BCUT2D eigenvalue weighted by Gasteiger charge is -2.11. The molecule has 0 radical (unpaired) electrons. The Balaban J connectivity index is 1.90. The van der Waals surface area contributed by atoms with Gasteiger partial charge in [-0.2, -0.15) is 0 Å². The summed E-state index contributed by atoms with van der Waals surface area (Å²) in [7, 11) is 0. The van der Waals surface area contributed by atoms with Crippen LogP contribution < -0.4 is 10.1 Å². The molecule has 2 aromatic rings. The smallest absolute Gasteiger partial charge is 0.120 e. The van der Waals surface area contributed by atoms with Crippen LogP contribution in [0.15, 0.2) is 48.5 Å². The van der Waals surface area contributed by atoms with Crippen LogP contribution in [-0.4, -0.2) is 17.8 Å². The molecule has 0 aliphatic rings. The van der Waals surface area contributed by atoms with E-state index in [9.17, 15) is 5.11 Å². The van der Waals surface area contributed by atoms with Gasteiger partial charge < -0.3 is 15.2 Å². The topological polar surface area (TPSA) is 41.5 Å². The normalized spacial score (nSPS) is 12.1. The zero-order valence-electron chi connectivity index (χ0n) is 12.7. The van der Waals surface area contributed by atoms with Crippen molar-refractivity contribution in [3.8, 4) is 5.75 Å². The van der Waals surface area contributed by atoms with Gasteiger partial charge in [-0.3, -0.25) is 0 Å². The summed E-state index contributed by atoms with van der Waals surface area (Å²) in [6, 6.07) is 16.3. The van der Waals surface area contributed by atoms with Gasteiger partial charge in [0, 0.05) is 13.1 Å². The summed E-state index contributed by atoms with van der Waals surface area (Å²) in [5.74, 6) is 0.870. The highest BCUT2D eigenvalue weighted by atomic mass is 16.5. The summed E-state index contributed by atoms with van der Waals surface area (Å²) >= 11 is 0. The molecule has 0 spiro atoms. The Morgan fingerprint density at radius 1 is 1.14 bits per heavy atom. The van der Waals surface area contributed by atoms with E-state index in [-0.39, 0.29) is 6.10 Å². The molecule has 0 bridgehead atoms. The Morgan fingerprint density at radius 2 is 1.95 bits per heavy atom. The van der Waals surface area contributed by atoms with Crippen LogP contribution >= 0.6 is 0 Å². The number of hydrogen-bond donors (Lipinski definition) is 2. The third kappa shape index (κ3) is 5.21. The third-order valence-electron chi connectivity index (χ3n) is 3.32. The van der Waals surface area contributed by atoms with Crippen LogP contribution in [0.1, 0.15) is 23.6 Å².